The van der Waals surface area contributed by atoms with Gasteiger partial charge >= 0.3 is 0 Å². The van der Waals surface area contributed by atoms with Crippen LogP contribution in [0.2, 0.25) is 0 Å². The molecule has 0 amide bonds. The SMILES string of the molecule is CC(C)CN(CCC(N)C(C)C)C1CCCC1. The first-order valence-corrected chi connectivity index (χ1v) is 7.50. The first-order valence-electron chi connectivity index (χ1n) is 7.50. The van der Waals surface area contributed by atoms with Crippen molar-refractivity contribution in [3.05, 3.63) is 0 Å². The Kier molecular flexibility index (Phi) is 6.50. The number of nitrogens with zero attached hydrogens (tertiary/aromatic N) is 1. The van der Waals surface area contributed by atoms with Gasteiger partial charge in [0, 0.05) is 18.6 Å². The second kappa shape index (κ2) is 7.38. The Labute approximate surface area is 108 Å². The van der Waals surface area contributed by atoms with E-state index in [0.717, 1.165) is 18.4 Å². The van der Waals surface area contributed by atoms with E-state index in [4.69, 9.17) is 5.73 Å². The van der Waals surface area contributed by atoms with Crippen molar-refractivity contribution in [3.63, 3.8) is 0 Å². The fourth-order valence-electron chi connectivity index (χ4n) is 2.81. The Morgan fingerprint density at radius 1 is 1.12 bits per heavy atom. The fourth-order valence-corrected chi connectivity index (χ4v) is 2.81. The van der Waals surface area contributed by atoms with Gasteiger partial charge in [-0.2, -0.15) is 0 Å². The van der Waals surface area contributed by atoms with E-state index in [0.29, 0.717) is 12.0 Å². The van der Waals surface area contributed by atoms with Gasteiger partial charge in [0.1, 0.15) is 0 Å². The van der Waals surface area contributed by atoms with Crippen LogP contribution in [-0.2, 0) is 0 Å². The van der Waals surface area contributed by atoms with Crippen LogP contribution in [0.4, 0.5) is 0 Å². The largest absolute Gasteiger partial charge is 0.327 e. The minimum absolute atomic E-state index is 0.367. The maximum absolute atomic E-state index is 6.17. The molecule has 0 aromatic heterocycles. The summed E-state index contributed by atoms with van der Waals surface area (Å²) in [6.45, 7) is 11.5. The summed E-state index contributed by atoms with van der Waals surface area (Å²) in [6.07, 6.45) is 6.82. The van der Waals surface area contributed by atoms with Crippen molar-refractivity contribution in [1.82, 2.24) is 4.90 Å². The van der Waals surface area contributed by atoms with Crippen LogP contribution in [0.1, 0.15) is 59.8 Å². The molecule has 1 aliphatic carbocycles. The summed E-state index contributed by atoms with van der Waals surface area (Å²) in [5.41, 5.74) is 6.17. The molecule has 0 spiro atoms. The second-order valence-electron chi connectivity index (χ2n) is 6.52. The molecule has 1 atom stereocenters. The minimum atomic E-state index is 0.367. The van der Waals surface area contributed by atoms with Gasteiger partial charge in [0.25, 0.3) is 0 Å². The van der Waals surface area contributed by atoms with E-state index >= 15 is 0 Å². The lowest BCUT2D eigenvalue weighted by atomic mass is 10.0. The van der Waals surface area contributed by atoms with E-state index < -0.39 is 0 Å². The Bertz CT molecular complexity index is 195. The predicted molar refractivity (Wildman–Crippen MR) is 76.1 cm³/mol. The van der Waals surface area contributed by atoms with Crippen molar-refractivity contribution in [2.24, 2.45) is 17.6 Å². The van der Waals surface area contributed by atoms with Gasteiger partial charge in [-0.1, -0.05) is 40.5 Å². The fraction of sp³-hybridized carbons (Fsp3) is 1.00. The smallest absolute Gasteiger partial charge is 0.00953 e. The molecule has 0 bridgehead atoms. The van der Waals surface area contributed by atoms with Crippen LogP contribution in [0, 0.1) is 11.8 Å². The topological polar surface area (TPSA) is 29.3 Å². The van der Waals surface area contributed by atoms with E-state index in [2.05, 4.69) is 32.6 Å². The number of nitrogens with two attached hydrogens (primary N) is 1. The van der Waals surface area contributed by atoms with Crippen molar-refractivity contribution in [1.29, 1.82) is 0 Å². The molecule has 17 heavy (non-hydrogen) atoms. The molecule has 1 rings (SSSR count). The maximum atomic E-state index is 6.17. The van der Waals surface area contributed by atoms with Gasteiger partial charge < -0.3 is 10.6 Å². The van der Waals surface area contributed by atoms with Crippen molar-refractivity contribution < 1.29 is 0 Å². The lowest BCUT2D eigenvalue weighted by Gasteiger charge is -2.31. The monoisotopic (exact) mass is 240 g/mol. The summed E-state index contributed by atoms with van der Waals surface area (Å²) in [4.78, 5) is 2.71. The third kappa shape index (κ3) is 5.39. The lowest BCUT2D eigenvalue weighted by Crippen LogP contribution is -2.40. The number of hydrogen-bond acceptors (Lipinski definition) is 2. The molecule has 1 unspecified atom stereocenters. The summed E-state index contributed by atoms with van der Waals surface area (Å²) in [7, 11) is 0. The van der Waals surface area contributed by atoms with Gasteiger partial charge in [-0.15, -0.1) is 0 Å². The zero-order valence-corrected chi connectivity index (χ0v) is 12.3. The molecule has 0 aromatic rings. The molecule has 102 valence electrons. The molecule has 0 aliphatic heterocycles. The Morgan fingerprint density at radius 2 is 1.71 bits per heavy atom. The number of hydrogen-bond donors (Lipinski definition) is 1. The maximum Gasteiger partial charge on any atom is 0.00953 e. The molecule has 1 aliphatic rings. The van der Waals surface area contributed by atoms with E-state index in [1.54, 1.807) is 0 Å². The lowest BCUT2D eigenvalue weighted by molar-refractivity contribution is 0.167. The highest BCUT2D eigenvalue weighted by Gasteiger charge is 2.23. The van der Waals surface area contributed by atoms with Gasteiger partial charge in [0.15, 0.2) is 0 Å². The van der Waals surface area contributed by atoms with Crippen LogP contribution in [0.3, 0.4) is 0 Å². The second-order valence-corrected chi connectivity index (χ2v) is 6.52. The Hall–Kier alpha value is -0.0800. The van der Waals surface area contributed by atoms with Crippen LogP contribution in [0.15, 0.2) is 0 Å². The van der Waals surface area contributed by atoms with Gasteiger partial charge in [0.2, 0.25) is 0 Å². The van der Waals surface area contributed by atoms with E-state index in [1.165, 1.54) is 38.8 Å². The average Bonchev–Trinajstić information content (AvgIpc) is 2.76. The highest BCUT2D eigenvalue weighted by atomic mass is 15.2. The van der Waals surface area contributed by atoms with Crippen molar-refractivity contribution in [3.8, 4) is 0 Å². The standard InChI is InChI=1S/C15H32N2/c1-12(2)11-17(14-7-5-6-8-14)10-9-15(16)13(3)4/h12-15H,5-11,16H2,1-4H3. The Balaban J connectivity index is 2.39. The quantitative estimate of drug-likeness (QED) is 0.740. The zero-order valence-electron chi connectivity index (χ0n) is 12.3. The normalized spacial score (nSPS) is 19.8. The van der Waals surface area contributed by atoms with Gasteiger partial charge in [0.05, 0.1) is 0 Å². The molecule has 1 saturated carbocycles. The highest BCUT2D eigenvalue weighted by molar-refractivity contribution is 4.79. The average molecular weight is 240 g/mol. The van der Waals surface area contributed by atoms with Crippen LogP contribution >= 0.6 is 0 Å². The highest BCUT2D eigenvalue weighted by Crippen LogP contribution is 2.24. The first kappa shape index (κ1) is 15.0. The van der Waals surface area contributed by atoms with E-state index in [-0.39, 0.29) is 0 Å². The van der Waals surface area contributed by atoms with Crippen molar-refractivity contribution in [2.45, 2.75) is 71.9 Å². The molecule has 0 heterocycles. The summed E-state index contributed by atoms with van der Waals surface area (Å²) in [6, 6.07) is 1.21. The van der Waals surface area contributed by atoms with Gasteiger partial charge in [-0.25, -0.2) is 0 Å². The summed E-state index contributed by atoms with van der Waals surface area (Å²) in [5.74, 6) is 1.38. The van der Waals surface area contributed by atoms with Gasteiger partial charge in [-0.05, 0) is 37.6 Å². The minimum Gasteiger partial charge on any atom is -0.327 e. The predicted octanol–water partition coefficient (Wildman–Crippen LogP) is 3.26. The molecular weight excluding hydrogens is 208 g/mol. The summed E-state index contributed by atoms with van der Waals surface area (Å²) >= 11 is 0. The first-order chi connectivity index (χ1) is 8.00. The zero-order chi connectivity index (χ0) is 12.8. The third-order valence-electron chi connectivity index (χ3n) is 4.05. The van der Waals surface area contributed by atoms with Crippen LogP contribution < -0.4 is 5.73 Å². The van der Waals surface area contributed by atoms with Crippen molar-refractivity contribution >= 4 is 0 Å². The van der Waals surface area contributed by atoms with Gasteiger partial charge in [-0.3, -0.25) is 0 Å². The molecule has 0 aromatic carbocycles. The molecule has 2 N–H and O–H groups in total. The van der Waals surface area contributed by atoms with Crippen molar-refractivity contribution in [2.75, 3.05) is 13.1 Å². The van der Waals surface area contributed by atoms with Crippen LogP contribution in [0.25, 0.3) is 0 Å². The summed E-state index contributed by atoms with van der Waals surface area (Å²) in [5, 5.41) is 0. The molecule has 2 heteroatoms. The third-order valence-corrected chi connectivity index (χ3v) is 4.05. The molecule has 0 saturated heterocycles. The summed E-state index contributed by atoms with van der Waals surface area (Å²) < 4.78 is 0. The molecule has 2 nitrogen and oxygen atoms in total. The molecule has 1 fully saturated rings. The molecule has 0 radical (unpaired) electrons. The Morgan fingerprint density at radius 3 is 2.18 bits per heavy atom. The van der Waals surface area contributed by atoms with Crippen LogP contribution in [-0.4, -0.2) is 30.1 Å². The van der Waals surface area contributed by atoms with E-state index in [9.17, 15) is 0 Å². The van der Waals surface area contributed by atoms with Crippen LogP contribution in [0.5, 0.6) is 0 Å². The van der Waals surface area contributed by atoms with E-state index in [1.807, 2.05) is 0 Å². The molecular formula is C15H32N2. The number of rotatable bonds is 7.